The van der Waals surface area contributed by atoms with Crippen LogP contribution in [0.2, 0.25) is 0 Å². The van der Waals surface area contributed by atoms with Gasteiger partial charge in [-0.05, 0) is 44.7 Å². The van der Waals surface area contributed by atoms with E-state index in [0.29, 0.717) is 17.8 Å². The van der Waals surface area contributed by atoms with E-state index in [1.54, 1.807) is 24.5 Å². The molecule has 0 spiro atoms. The maximum atomic E-state index is 13.0. The summed E-state index contributed by atoms with van der Waals surface area (Å²) in [5, 5.41) is 2.99. The van der Waals surface area contributed by atoms with Crippen LogP contribution in [-0.2, 0) is 17.8 Å². The van der Waals surface area contributed by atoms with E-state index < -0.39 is 0 Å². The second kappa shape index (κ2) is 8.68. The second-order valence-electron chi connectivity index (χ2n) is 8.77. The quantitative estimate of drug-likeness (QED) is 0.633. The zero-order valence-electron chi connectivity index (χ0n) is 18.4. The molecule has 0 radical (unpaired) electrons. The summed E-state index contributed by atoms with van der Waals surface area (Å²) in [6, 6.07) is 7.09. The number of amides is 1. The molecule has 32 heavy (non-hydrogen) atoms. The maximum absolute atomic E-state index is 13.0. The number of anilines is 2. The molecule has 1 aromatic carbocycles. The van der Waals surface area contributed by atoms with Crippen LogP contribution in [-0.4, -0.2) is 44.3 Å². The third-order valence-electron chi connectivity index (χ3n) is 6.50. The SMILES string of the molecule is CC(=O)c1cccc(NC(=O)C2CCCN(c3ncnc4c3nc3n4CCCCC3)C2)c1. The monoisotopic (exact) mass is 432 g/mol. The van der Waals surface area contributed by atoms with Gasteiger partial charge in [0, 0.05) is 37.3 Å². The fraction of sp³-hybridized carbons (Fsp3) is 0.458. The lowest BCUT2D eigenvalue weighted by Gasteiger charge is -2.32. The first-order chi connectivity index (χ1) is 15.6. The number of aryl methyl sites for hydroxylation is 2. The molecule has 8 nitrogen and oxygen atoms in total. The van der Waals surface area contributed by atoms with Gasteiger partial charge in [-0.1, -0.05) is 18.6 Å². The van der Waals surface area contributed by atoms with E-state index >= 15 is 0 Å². The number of Topliss-reactive ketones (excluding diaryl/α,β-unsaturated/α-hetero) is 1. The lowest BCUT2D eigenvalue weighted by Crippen LogP contribution is -2.41. The van der Waals surface area contributed by atoms with Crippen LogP contribution in [0.1, 0.15) is 55.2 Å². The van der Waals surface area contributed by atoms with Gasteiger partial charge in [-0.3, -0.25) is 9.59 Å². The number of fused-ring (bicyclic) bond motifs is 3. The van der Waals surface area contributed by atoms with Crippen LogP contribution < -0.4 is 10.2 Å². The van der Waals surface area contributed by atoms with Crippen LogP contribution in [0, 0.1) is 5.92 Å². The fourth-order valence-electron chi connectivity index (χ4n) is 4.80. The first kappa shape index (κ1) is 20.6. The zero-order valence-corrected chi connectivity index (χ0v) is 18.4. The van der Waals surface area contributed by atoms with Crippen LogP contribution >= 0.6 is 0 Å². The van der Waals surface area contributed by atoms with Gasteiger partial charge in [-0.25, -0.2) is 15.0 Å². The molecule has 1 amide bonds. The van der Waals surface area contributed by atoms with Crippen LogP contribution in [0.25, 0.3) is 11.2 Å². The molecule has 4 heterocycles. The van der Waals surface area contributed by atoms with Crippen molar-refractivity contribution in [2.24, 2.45) is 5.92 Å². The number of aromatic nitrogens is 4. The first-order valence-electron chi connectivity index (χ1n) is 11.5. The van der Waals surface area contributed by atoms with E-state index in [0.717, 1.165) is 68.0 Å². The van der Waals surface area contributed by atoms with Crippen molar-refractivity contribution in [2.75, 3.05) is 23.3 Å². The van der Waals surface area contributed by atoms with Crippen molar-refractivity contribution in [1.82, 2.24) is 19.5 Å². The Morgan fingerprint density at radius 1 is 1.09 bits per heavy atom. The molecule has 3 aromatic rings. The summed E-state index contributed by atoms with van der Waals surface area (Å²) in [5.41, 5.74) is 3.00. The normalized spacial score (nSPS) is 18.8. The number of carbonyl (C=O) groups is 2. The first-order valence-corrected chi connectivity index (χ1v) is 11.5. The Labute approximate surface area is 187 Å². The number of hydrogen-bond acceptors (Lipinski definition) is 6. The Kier molecular flexibility index (Phi) is 5.59. The standard InChI is InChI=1S/C24H28N6O2/c1-16(31)17-7-5-9-19(13-17)27-24(32)18-8-6-11-29(14-18)22-21-23(26-15-25-22)30-12-4-2-3-10-20(30)28-21/h5,7,9,13,15,18H,2-4,6,8,10-12,14H2,1H3,(H,27,32). The average molecular weight is 433 g/mol. The molecule has 2 aliphatic rings. The number of nitrogens with zero attached hydrogens (tertiary/aromatic N) is 5. The van der Waals surface area contributed by atoms with Crippen LogP contribution in [0.4, 0.5) is 11.5 Å². The number of piperidine rings is 1. The Balaban J connectivity index is 1.36. The van der Waals surface area contributed by atoms with Gasteiger partial charge in [0.2, 0.25) is 5.91 Å². The number of benzene rings is 1. The molecule has 5 rings (SSSR count). The summed E-state index contributed by atoms with van der Waals surface area (Å²) in [5.74, 6) is 1.72. The molecule has 0 bridgehead atoms. The van der Waals surface area contributed by atoms with Gasteiger partial charge in [-0.15, -0.1) is 0 Å². The van der Waals surface area contributed by atoms with Crippen LogP contribution in [0.3, 0.4) is 0 Å². The second-order valence-corrected chi connectivity index (χ2v) is 8.77. The minimum atomic E-state index is -0.157. The molecular formula is C24H28N6O2. The summed E-state index contributed by atoms with van der Waals surface area (Å²) < 4.78 is 2.24. The van der Waals surface area contributed by atoms with Crippen LogP contribution in [0.15, 0.2) is 30.6 Å². The van der Waals surface area contributed by atoms with Crippen LogP contribution in [0.5, 0.6) is 0 Å². The van der Waals surface area contributed by atoms with Gasteiger partial charge in [0.15, 0.2) is 22.8 Å². The van der Waals surface area contributed by atoms with Crippen molar-refractivity contribution < 1.29 is 9.59 Å². The molecule has 8 heteroatoms. The van der Waals surface area contributed by atoms with Crippen molar-refractivity contribution >= 4 is 34.4 Å². The smallest absolute Gasteiger partial charge is 0.229 e. The van der Waals surface area contributed by atoms with Crippen molar-refractivity contribution in [3.05, 3.63) is 42.0 Å². The Morgan fingerprint density at radius 3 is 2.88 bits per heavy atom. The number of ketones is 1. The van der Waals surface area contributed by atoms with E-state index in [-0.39, 0.29) is 17.6 Å². The molecule has 0 saturated carbocycles. The van der Waals surface area contributed by atoms with Gasteiger partial charge in [-0.2, -0.15) is 0 Å². The molecule has 1 N–H and O–H groups in total. The average Bonchev–Trinajstić information content (AvgIpc) is 3.00. The molecule has 166 valence electrons. The highest BCUT2D eigenvalue weighted by atomic mass is 16.2. The Bertz CT molecular complexity index is 1170. The minimum absolute atomic E-state index is 0.0174. The van der Waals surface area contributed by atoms with Gasteiger partial charge in [0.25, 0.3) is 0 Å². The van der Waals surface area contributed by atoms with Crippen molar-refractivity contribution in [3.8, 4) is 0 Å². The predicted molar refractivity (Wildman–Crippen MR) is 123 cm³/mol. The van der Waals surface area contributed by atoms with E-state index in [9.17, 15) is 9.59 Å². The van der Waals surface area contributed by atoms with Gasteiger partial charge < -0.3 is 14.8 Å². The zero-order chi connectivity index (χ0) is 22.1. The lowest BCUT2D eigenvalue weighted by molar-refractivity contribution is -0.120. The van der Waals surface area contributed by atoms with Crippen molar-refractivity contribution in [3.63, 3.8) is 0 Å². The topological polar surface area (TPSA) is 93.0 Å². The van der Waals surface area contributed by atoms with E-state index in [4.69, 9.17) is 4.98 Å². The summed E-state index contributed by atoms with van der Waals surface area (Å²) >= 11 is 0. The van der Waals surface area contributed by atoms with Crippen molar-refractivity contribution in [1.29, 1.82) is 0 Å². The summed E-state index contributed by atoms with van der Waals surface area (Å²) in [7, 11) is 0. The highest BCUT2D eigenvalue weighted by Gasteiger charge is 2.29. The molecule has 2 aromatic heterocycles. The Hall–Kier alpha value is -3.29. The number of carbonyl (C=O) groups excluding carboxylic acids is 2. The predicted octanol–water partition coefficient (Wildman–Crippen LogP) is 3.61. The third-order valence-corrected chi connectivity index (χ3v) is 6.50. The number of imidazole rings is 1. The Morgan fingerprint density at radius 2 is 2.00 bits per heavy atom. The molecule has 1 fully saturated rings. The molecule has 1 saturated heterocycles. The molecule has 0 aliphatic carbocycles. The van der Waals surface area contributed by atoms with E-state index in [2.05, 4.69) is 24.8 Å². The molecule has 2 aliphatic heterocycles. The number of nitrogens with one attached hydrogen (secondary N) is 1. The largest absolute Gasteiger partial charge is 0.354 e. The third kappa shape index (κ3) is 3.97. The molecule has 1 unspecified atom stereocenters. The molecule has 1 atom stereocenters. The summed E-state index contributed by atoms with van der Waals surface area (Å²) in [6.07, 6.45) is 7.85. The van der Waals surface area contributed by atoms with Gasteiger partial charge >= 0.3 is 0 Å². The summed E-state index contributed by atoms with van der Waals surface area (Å²) in [6.45, 7) is 3.91. The lowest BCUT2D eigenvalue weighted by atomic mass is 9.97. The number of rotatable bonds is 4. The minimum Gasteiger partial charge on any atom is -0.354 e. The maximum Gasteiger partial charge on any atom is 0.229 e. The van der Waals surface area contributed by atoms with Gasteiger partial charge in [0.1, 0.15) is 12.2 Å². The highest BCUT2D eigenvalue weighted by molar-refractivity contribution is 5.97. The number of hydrogen-bond donors (Lipinski definition) is 1. The van der Waals surface area contributed by atoms with E-state index in [1.165, 1.54) is 13.3 Å². The fourth-order valence-corrected chi connectivity index (χ4v) is 4.80. The van der Waals surface area contributed by atoms with Gasteiger partial charge in [0.05, 0.1) is 5.92 Å². The molecular weight excluding hydrogens is 404 g/mol. The summed E-state index contributed by atoms with van der Waals surface area (Å²) in [4.78, 5) is 40.9. The highest BCUT2D eigenvalue weighted by Crippen LogP contribution is 2.29. The van der Waals surface area contributed by atoms with Crippen molar-refractivity contribution in [2.45, 2.75) is 52.0 Å². The van der Waals surface area contributed by atoms with E-state index in [1.807, 2.05) is 6.07 Å².